The summed E-state index contributed by atoms with van der Waals surface area (Å²) in [4.78, 5) is 25.8. The molecule has 0 saturated heterocycles. The highest BCUT2D eigenvalue weighted by Crippen LogP contribution is 2.28. The predicted octanol–water partition coefficient (Wildman–Crippen LogP) is 3.72. The number of fused-ring (bicyclic) bond motifs is 3. The van der Waals surface area contributed by atoms with Gasteiger partial charge in [-0.05, 0) is 42.3 Å². The van der Waals surface area contributed by atoms with E-state index >= 15 is 0 Å². The molecule has 0 aliphatic rings. The summed E-state index contributed by atoms with van der Waals surface area (Å²) in [5.41, 5.74) is 1.96. The molecule has 34 heavy (non-hydrogen) atoms. The van der Waals surface area contributed by atoms with Gasteiger partial charge in [0.2, 0.25) is 5.91 Å². The lowest BCUT2D eigenvalue weighted by atomic mass is 10.2. The first kappa shape index (κ1) is 23.4. The molecule has 178 valence electrons. The summed E-state index contributed by atoms with van der Waals surface area (Å²) in [7, 11) is 1.60. The van der Waals surface area contributed by atoms with Gasteiger partial charge < -0.3 is 14.8 Å². The molecule has 0 radical (unpaired) electrons. The number of hydrogen-bond donors (Lipinski definition) is 1. The Morgan fingerprint density at radius 2 is 1.88 bits per heavy atom. The van der Waals surface area contributed by atoms with Crippen LogP contribution in [-0.2, 0) is 24.3 Å². The molecule has 0 bridgehead atoms. The van der Waals surface area contributed by atoms with Crippen LogP contribution in [0, 0.1) is 0 Å². The monoisotopic (exact) mass is 462 g/mol. The van der Waals surface area contributed by atoms with Gasteiger partial charge >= 0.3 is 0 Å². The van der Waals surface area contributed by atoms with Crippen LogP contribution in [0.15, 0.2) is 53.3 Å². The number of hydrogen-bond acceptors (Lipinski definition) is 5. The third-order valence-electron chi connectivity index (χ3n) is 5.76. The quantitative estimate of drug-likeness (QED) is 0.363. The SMILES string of the molecule is CCCCOc1ccc(CNC(=O)Cn2nc(CC)n3c(cc4c(OC)cccc43)c2=O)cc1. The van der Waals surface area contributed by atoms with Gasteiger partial charge in [-0.2, -0.15) is 5.10 Å². The van der Waals surface area contributed by atoms with E-state index in [9.17, 15) is 9.59 Å². The van der Waals surface area contributed by atoms with Gasteiger partial charge in [0.05, 0.1) is 19.2 Å². The lowest BCUT2D eigenvalue weighted by Crippen LogP contribution is -2.35. The highest BCUT2D eigenvalue weighted by atomic mass is 16.5. The van der Waals surface area contributed by atoms with Crippen molar-refractivity contribution in [3.63, 3.8) is 0 Å². The molecule has 0 aliphatic heterocycles. The Hall–Kier alpha value is -3.81. The fourth-order valence-electron chi connectivity index (χ4n) is 3.95. The number of nitrogens with one attached hydrogen (secondary N) is 1. The second kappa shape index (κ2) is 10.4. The van der Waals surface area contributed by atoms with Crippen LogP contribution < -0.4 is 20.3 Å². The maximum absolute atomic E-state index is 13.2. The number of unbranched alkanes of at least 4 members (excludes halogenated alkanes) is 1. The van der Waals surface area contributed by atoms with E-state index in [0.29, 0.717) is 36.7 Å². The van der Waals surface area contributed by atoms with Gasteiger partial charge in [-0.3, -0.25) is 14.0 Å². The summed E-state index contributed by atoms with van der Waals surface area (Å²) < 4.78 is 14.2. The van der Waals surface area contributed by atoms with Crippen molar-refractivity contribution in [1.29, 1.82) is 0 Å². The molecule has 4 rings (SSSR count). The van der Waals surface area contributed by atoms with Crippen LogP contribution in [0.1, 0.15) is 38.1 Å². The fraction of sp³-hybridized carbons (Fsp3) is 0.346. The molecule has 4 aromatic rings. The van der Waals surface area contributed by atoms with E-state index in [1.165, 1.54) is 4.68 Å². The van der Waals surface area contributed by atoms with E-state index in [0.717, 1.165) is 35.1 Å². The number of benzene rings is 2. The van der Waals surface area contributed by atoms with Crippen LogP contribution in [0.2, 0.25) is 0 Å². The molecule has 0 fully saturated rings. The van der Waals surface area contributed by atoms with Crippen LogP contribution in [0.3, 0.4) is 0 Å². The highest BCUT2D eigenvalue weighted by Gasteiger charge is 2.17. The van der Waals surface area contributed by atoms with Crippen LogP contribution in [0.4, 0.5) is 0 Å². The zero-order chi connectivity index (χ0) is 24.1. The molecule has 2 aromatic heterocycles. The molecule has 1 N–H and O–H groups in total. The molecule has 0 atom stereocenters. The molecule has 0 unspecified atom stereocenters. The number of carbonyl (C=O) groups is 1. The molecule has 8 nitrogen and oxygen atoms in total. The standard InChI is InChI=1S/C26H30N4O4/c1-4-6-14-34-19-12-10-18(11-13-19)16-27-25(31)17-29-26(32)22-15-20-21(8-7-9-23(20)33-3)30(22)24(5-2)28-29/h7-13,15H,4-6,14,16-17H2,1-3H3,(H,27,31). The lowest BCUT2D eigenvalue weighted by molar-refractivity contribution is -0.122. The number of carbonyl (C=O) groups excluding carboxylic acids is 1. The zero-order valence-corrected chi connectivity index (χ0v) is 19.8. The normalized spacial score (nSPS) is 11.1. The van der Waals surface area contributed by atoms with E-state index in [4.69, 9.17) is 9.47 Å². The van der Waals surface area contributed by atoms with Crippen molar-refractivity contribution in [1.82, 2.24) is 19.5 Å². The van der Waals surface area contributed by atoms with Crippen molar-refractivity contribution in [2.45, 2.75) is 46.2 Å². The predicted molar refractivity (Wildman–Crippen MR) is 132 cm³/mol. The molecule has 1 amide bonds. The van der Waals surface area contributed by atoms with Crippen molar-refractivity contribution in [2.24, 2.45) is 0 Å². The number of nitrogens with zero attached hydrogens (tertiary/aromatic N) is 3. The zero-order valence-electron chi connectivity index (χ0n) is 19.8. The number of amides is 1. The molecule has 0 saturated carbocycles. The van der Waals surface area contributed by atoms with Crippen molar-refractivity contribution >= 4 is 22.3 Å². The first-order valence-corrected chi connectivity index (χ1v) is 11.6. The van der Waals surface area contributed by atoms with E-state index in [1.54, 1.807) is 13.2 Å². The fourth-order valence-corrected chi connectivity index (χ4v) is 3.95. The molecule has 2 aromatic carbocycles. The van der Waals surface area contributed by atoms with Gasteiger partial charge in [0.25, 0.3) is 5.56 Å². The summed E-state index contributed by atoms with van der Waals surface area (Å²) in [5, 5.41) is 8.19. The smallest absolute Gasteiger partial charge is 0.291 e. The van der Waals surface area contributed by atoms with Crippen LogP contribution >= 0.6 is 0 Å². The Labute approximate surface area is 198 Å². The van der Waals surface area contributed by atoms with E-state index in [1.807, 2.05) is 53.8 Å². The van der Waals surface area contributed by atoms with Gasteiger partial charge in [0.1, 0.15) is 29.4 Å². The second-order valence-electron chi connectivity index (χ2n) is 8.11. The molecule has 0 aliphatic carbocycles. The van der Waals surface area contributed by atoms with Crippen LogP contribution in [0.25, 0.3) is 16.4 Å². The molecule has 0 spiro atoms. The molecule has 2 heterocycles. The first-order chi connectivity index (χ1) is 16.5. The average Bonchev–Trinajstić information content (AvgIpc) is 3.26. The minimum absolute atomic E-state index is 0.154. The van der Waals surface area contributed by atoms with E-state index < -0.39 is 0 Å². The highest BCUT2D eigenvalue weighted by molar-refractivity contribution is 5.92. The molecular weight excluding hydrogens is 432 g/mol. The number of ether oxygens (including phenoxy) is 2. The minimum Gasteiger partial charge on any atom is -0.496 e. The Morgan fingerprint density at radius 1 is 1.09 bits per heavy atom. The van der Waals surface area contributed by atoms with Gasteiger partial charge in [-0.25, -0.2) is 4.68 Å². The Kier molecular flexibility index (Phi) is 7.15. The van der Waals surface area contributed by atoms with Gasteiger partial charge in [0, 0.05) is 18.4 Å². The van der Waals surface area contributed by atoms with E-state index in [-0.39, 0.29) is 18.0 Å². The summed E-state index contributed by atoms with van der Waals surface area (Å²) in [6.45, 7) is 5.00. The summed E-state index contributed by atoms with van der Waals surface area (Å²) in [5.74, 6) is 1.92. The summed E-state index contributed by atoms with van der Waals surface area (Å²) in [6, 6.07) is 15.1. The van der Waals surface area contributed by atoms with Gasteiger partial charge in [0.15, 0.2) is 0 Å². The maximum atomic E-state index is 13.2. The van der Waals surface area contributed by atoms with Crippen molar-refractivity contribution < 1.29 is 14.3 Å². The summed E-state index contributed by atoms with van der Waals surface area (Å²) in [6.07, 6.45) is 2.71. The largest absolute Gasteiger partial charge is 0.496 e. The maximum Gasteiger partial charge on any atom is 0.291 e. The van der Waals surface area contributed by atoms with E-state index in [2.05, 4.69) is 17.3 Å². The third kappa shape index (κ3) is 4.76. The topological polar surface area (TPSA) is 86.9 Å². The Bertz CT molecular complexity index is 1360. The average molecular weight is 463 g/mol. The van der Waals surface area contributed by atoms with Gasteiger partial charge in [-0.1, -0.05) is 38.5 Å². The minimum atomic E-state index is -0.320. The first-order valence-electron chi connectivity index (χ1n) is 11.6. The number of methoxy groups -OCH3 is 1. The van der Waals surface area contributed by atoms with Crippen LogP contribution in [0.5, 0.6) is 11.5 Å². The van der Waals surface area contributed by atoms with Crippen molar-refractivity contribution in [2.75, 3.05) is 13.7 Å². The molecule has 8 heteroatoms. The summed E-state index contributed by atoms with van der Waals surface area (Å²) >= 11 is 0. The number of rotatable bonds is 10. The number of aromatic nitrogens is 3. The van der Waals surface area contributed by atoms with Gasteiger partial charge in [-0.15, -0.1) is 0 Å². The van der Waals surface area contributed by atoms with Crippen LogP contribution in [-0.4, -0.2) is 33.8 Å². The molecular formula is C26H30N4O4. The lowest BCUT2D eigenvalue weighted by Gasteiger charge is -2.11. The van der Waals surface area contributed by atoms with Crippen molar-refractivity contribution in [3.8, 4) is 11.5 Å². The second-order valence-corrected chi connectivity index (χ2v) is 8.11. The van der Waals surface area contributed by atoms with Crippen molar-refractivity contribution in [3.05, 3.63) is 70.3 Å². The Morgan fingerprint density at radius 3 is 2.59 bits per heavy atom. The number of aryl methyl sites for hydroxylation is 1. The third-order valence-corrected chi connectivity index (χ3v) is 5.76. The Balaban J connectivity index is 1.50.